The van der Waals surface area contributed by atoms with Crippen LogP contribution in [0.2, 0.25) is 5.02 Å². The number of carbonyl (C=O) groups excluding carboxylic acids is 1. The zero-order valence-corrected chi connectivity index (χ0v) is 15.2. The molecule has 0 N–H and O–H groups in total. The number of hydrogen-bond donors (Lipinski definition) is 0. The fourth-order valence-corrected chi connectivity index (χ4v) is 3.89. The van der Waals surface area contributed by atoms with Crippen LogP contribution in [0.4, 0.5) is 0 Å². The topological polar surface area (TPSA) is 44.8 Å². The Hall–Kier alpha value is -1.17. The van der Waals surface area contributed by atoms with E-state index in [1.54, 1.807) is 39.5 Å². The van der Waals surface area contributed by atoms with Crippen molar-refractivity contribution in [3.8, 4) is 17.2 Å². The van der Waals surface area contributed by atoms with Crippen LogP contribution in [0.15, 0.2) is 30.3 Å². The minimum absolute atomic E-state index is 0. The summed E-state index contributed by atoms with van der Waals surface area (Å²) in [6.07, 6.45) is 0. The van der Waals surface area contributed by atoms with Crippen LogP contribution in [0.25, 0.3) is 0 Å². The van der Waals surface area contributed by atoms with Crippen LogP contribution in [-0.4, -0.2) is 45.7 Å². The van der Waals surface area contributed by atoms with E-state index in [1.807, 2.05) is 19.1 Å². The molecule has 124 valence electrons. The van der Waals surface area contributed by atoms with Crippen molar-refractivity contribution in [2.24, 2.45) is 0 Å². The Kier molecular flexibility index (Phi) is 8.13. The van der Waals surface area contributed by atoms with Crippen LogP contribution in [-0.2, 0) is 0 Å². The first-order valence-electron chi connectivity index (χ1n) is 6.88. The first-order chi connectivity index (χ1) is 11.0. The zero-order valence-electron chi connectivity index (χ0n) is 13.4. The fraction of sp³-hybridized carbons (Fsp3) is 0.235. The van der Waals surface area contributed by atoms with Gasteiger partial charge < -0.3 is 14.2 Å². The summed E-state index contributed by atoms with van der Waals surface area (Å²) in [4.78, 5) is 12.7. The van der Waals surface area contributed by atoms with Gasteiger partial charge in [-0.1, -0.05) is 23.7 Å². The van der Waals surface area contributed by atoms with Crippen LogP contribution in [0.3, 0.4) is 0 Å². The molecule has 0 saturated heterocycles. The molecular formula is C17H19ClLiO4P. The number of aryl methyl sites for hydroxylation is 1. The van der Waals surface area contributed by atoms with E-state index in [0.29, 0.717) is 33.1 Å². The van der Waals surface area contributed by atoms with Crippen molar-refractivity contribution >= 4 is 49.9 Å². The third-order valence-corrected chi connectivity index (χ3v) is 4.94. The van der Waals surface area contributed by atoms with Gasteiger partial charge in [0.1, 0.15) is 17.2 Å². The van der Waals surface area contributed by atoms with Crippen LogP contribution < -0.4 is 19.5 Å². The van der Waals surface area contributed by atoms with Crippen molar-refractivity contribution in [1.29, 1.82) is 0 Å². The van der Waals surface area contributed by atoms with E-state index in [2.05, 4.69) is 0 Å². The summed E-state index contributed by atoms with van der Waals surface area (Å²) in [5.41, 5.74) is 1.32. The van der Waals surface area contributed by atoms with Gasteiger partial charge in [0.2, 0.25) is 0 Å². The molecule has 0 heterocycles. The van der Waals surface area contributed by atoms with Crippen molar-refractivity contribution in [1.82, 2.24) is 0 Å². The van der Waals surface area contributed by atoms with Gasteiger partial charge in [-0.3, -0.25) is 4.79 Å². The van der Waals surface area contributed by atoms with Gasteiger partial charge in [0, 0.05) is 17.7 Å². The van der Waals surface area contributed by atoms with E-state index in [-0.39, 0.29) is 33.0 Å². The molecule has 4 nitrogen and oxygen atoms in total. The second kappa shape index (κ2) is 9.35. The van der Waals surface area contributed by atoms with Crippen molar-refractivity contribution in [2.45, 2.75) is 6.92 Å². The van der Waals surface area contributed by atoms with Gasteiger partial charge in [0.05, 0.1) is 31.7 Å². The van der Waals surface area contributed by atoms with Crippen molar-refractivity contribution in [3.05, 3.63) is 46.5 Å². The molecule has 1 unspecified atom stereocenters. The number of methoxy groups -OCH3 is 3. The normalized spacial score (nSPS) is 10.4. The summed E-state index contributed by atoms with van der Waals surface area (Å²) >= 11 is 6.19. The number of hydrogen-bond acceptors (Lipinski definition) is 4. The third-order valence-electron chi connectivity index (χ3n) is 3.40. The maximum absolute atomic E-state index is 12.7. The molecule has 2 aromatic rings. The van der Waals surface area contributed by atoms with Crippen LogP contribution in [0.1, 0.15) is 15.9 Å². The SMILES string of the molecule is COc1cc(OC)c(PC(=O)c2c(C)cccc2Cl)c(OC)c1.[LiH]. The Labute approximate surface area is 160 Å². The average molecular weight is 361 g/mol. The number of carbonyl (C=O) groups is 1. The monoisotopic (exact) mass is 360 g/mol. The van der Waals surface area contributed by atoms with Gasteiger partial charge in [-0.05, 0) is 27.1 Å². The minimum atomic E-state index is -0.171. The van der Waals surface area contributed by atoms with Gasteiger partial charge in [0.25, 0.3) is 0 Å². The molecule has 0 aliphatic carbocycles. The molecular weight excluding hydrogens is 342 g/mol. The summed E-state index contributed by atoms with van der Waals surface area (Å²) in [6, 6.07) is 8.88. The van der Waals surface area contributed by atoms with E-state index >= 15 is 0 Å². The van der Waals surface area contributed by atoms with Crippen molar-refractivity contribution in [2.75, 3.05) is 21.3 Å². The number of ether oxygens (including phenoxy) is 3. The quantitative estimate of drug-likeness (QED) is 0.586. The maximum atomic E-state index is 12.7. The van der Waals surface area contributed by atoms with E-state index in [0.717, 1.165) is 5.56 Å². The molecule has 0 spiro atoms. The van der Waals surface area contributed by atoms with Gasteiger partial charge in [-0.2, -0.15) is 0 Å². The third kappa shape index (κ3) is 4.46. The van der Waals surface area contributed by atoms with E-state index < -0.39 is 0 Å². The fourth-order valence-electron chi connectivity index (χ4n) is 2.22. The molecule has 0 radical (unpaired) electrons. The first kappa shape index (κ1) is 20.9. The predicted molar refractivity (Wildman–Crippen MR) is 102 cm³/mol. The molecule has 0 saturated carbocycles. The molecule has 0 aromatic heterocycles. The van der Waals surface area contributed by atoms with Crippen molar-refractivity contribution in [3.63, 3.8) is 0 Å². The second-order valence-electron chi connectivity index (χ2n) is 4.79. The molecule has 0 fully saturated rings. The van der Waals surface area contributed by atoms with Crippen LogP contribution >= 0.6 is 20.2 Å². The molecule has 0 aliphatic heterocycles. The summed E-state index contributed by atoms with van der Waals surface area (Å²) in [7, 11) is 4.49. The predicted octanol–water partition coefficient (Wildman–Crippen LogP) is 3.17. The van der Waals surface area contributed by atoms with E-state index in [1.165, 1.54) is 0 Å². The van der Waals surface area contributed by atoms with Gasteiger partial charge >= 0.3 is 18.9 Å². The van der Waals surface area contributed by atoms with Crippen LogP contribution in [0, 0.1) is 6.92 Å². The van der Waals surface area contributed by atoms with Crippen molar-refractivity contribution < 1.29 is 19.0 Å². The second-order valence-corrected chi connectivity index (χ2v) is 6.40. The molecule has 1 atom stereocenters. The molecule has 7 heteroatoms. The molecule has 24 heavy (non-hydrogen) atoms. The Bertz CT molecular complexity index is 691. The Morgan fingerprint density at radius 3 is 2.08 bits per heavy atom. The Morgan fingerprint density at radius 1 is 1.04 bits per heavy atom. The standard InChI is InChI=1S/C17H18ClO4P.Li.H/c1-10-6-5-7-12(18)15(10)17(19)23-16-13(21-3)8-11(20-2)9-14(16)22-4;;/h5-9,23H,1-4H3;;. The summed E-state index contributed by atoms with van der Waals surface area (Å²) < 4.78 is 16.0. The van der Waals surface area contributed by atoms with E-state index in [4.69, 9.17) is 25.8 Å². The summed E-state index contributed by atoms with van der Waals surface area (Å²) in [5, 5.41) is 1.15. The zero-order chi connectivity index (χ0) is 17.0. The number of benzene rings is 2. The number of halogens is 1. The molecule has 0 aliphatic rings. The van der Waals surface area contributed by atoms with Crippen LogP contribution in [0.5, 0.6) is 17.2 Å². The van der Waals surface area contributed by atoms with Gasteiger partial charge in [-0.25, -0.2) is 0 Å². The summed E-state index contributed by atoms with van der Waals surface area (Å²) in [5.74, 6) is 1.71. The molecule has 2 aromatic carbocycles. The number of rotatable bonds is 6. The average Bonchev–Trinajstić information content (AvgIpc) is 2.54. The first-order valence-corrected chi connectivity index (χ1v) is 8.26. The Balaban J connectivity index is 0.00000288. The molecule has 0 amide bonds. The van der Waals surface area contributed by atoms with E-state index in [9.17, 15) is 4.79 Å². The van der Waals surface area contributed by atoms with Gasteiger partial charge in [0.15, 0.2) is 5.52 Å². The molecule has 2 rings (SSSR count). The van der Waals surface area contributed by atoms with Gasteiger partial charge in [-0.15, -0.1) is 0 Å². The Morgan fingerprint density at radius 2 is 1.62 bits per heavy atom. The molecule has 0 bridgehead atoms. The summed E-state index contributed by atoms with van der Waals surface area (Å²) in [6.45, 7) is 1.87.